The fraction of sp³-hybridized carbons (Fsp3) is 0.0526. The Hall–Kier alpha value is -4.33. The zero-order valence-corrected chi connectivity index (χ0v) is 17.3. The first-order valence-corrected chi connectivity index (χ1v) is 9.49. The third-order valence-electron chi connectivity index (χ3n) is 4.25. The molecule has 3 N–H and O–H groups in total. The summed E-state index contributed by atoms with van der Waals surface area (Å²) < 4.78 is 61.4. The van der Waals surface area contributed by atoms with Crippen molar-refractivity contribution in [2.45, 2.75) is 6.18 Å². The molecule has 10 nitrogen and oxygen atoms in total. The van der Waals surface area contributed by atoms with Crippen LogP contribution in [-0.2, 0) is 6.18 Å². The van der Waals surface area contributed by atoms with Crippen LogP contribution in [0.3, 0.4) is 0 Å². The fourth-order valence-corrected chi connectivity index (χ4v) is 2.91. The number of anilines is 2. The first-order chi connectivity index (χ1) is 16.1. The van der Waals surface area contributed by atoms with E-state index in [1.807, 2.05) is 0 Å². The van der Waals surface area contributed by atoms with Crippen molar-refractivity contribution in [2.24, 2.45) is 0 Å². The Morgan fingerprint density at radius 3 is 2.62 bits per heavy atom. The summed E-state index contributed by atoms with van der Waals surface area (Å²) in [5, 5.41) is 5.68. The van der Waals surface area contributed by atoms with E-state index in [0.717, 1.165) is 31.0 Å². The minimum absolute atomic E-state index is 0.0843. The number of halogens is 5. The van der Waals surface area contributed by atoms with Gasteiger partial charge in [0, 0.05) is 24.0 Å². The molecule has 0 radical (unpaired) electrons. The molecule has 0 aliphatic heterocycles. The molecule has 34 heavy (non-hydrogen) atoms. The van der Waals surface area contributed by atoms with Gasteiger partial charge in [0.1, 0.15) is 23.5 Å². The van der Waals surface area contributed by atoms with E-state index in [1.165, 1.54) is 18.3 Å². The van der Waals surface area contributed by atoms with Crippen molar-refractivity contribution in [2.75, 3.05) is 11.1 Å². The number of hydrogen-bond donors (Lipinski definition) is 2. The predicted molar refractivity (Wildman–Crippen MR) is 110 cm³/mol. The summed E-state index contributed by atoms with van der Waals surface area (Å²) in [5.41, 5.74) is 3.23. The van der Waals surface area contributed by atoms with E-state index in [9.17, 15) is 22.4 Å². The lowest BCUT2D eigenvalue weighted by atomic mass is 10.2. The predicted octanol–water partition coefficient (Wildman–Crippen LogP) is 3.89. The number of benzene rings is 1. The Bertz CT molecular complexity index is 1360. The second-order valence-electron chi connectivity index (χ2n) is 6.46. The molecule has 4 rings (SSSR count). The minimum atomic E-state index is -4.95. The number of nitrogens with zero attached hydrogens (tertiary/aromatic N) is 6. The number of carbonyl (C=O) groups excluding carboxylic acids is 1. The van der Waals surface area contributed by atoms with Crippen molar-refractivity contribution in [1.29, 1.82) is 0 Å². The van der Waals surface area contributed by atoms with Gasteiger partial charge in [-0.1, -0.05) is 11.6 Å². The molecule has 3 aromatic heterocycles. The lowest BCUT2D eigenvalue weighted by molar-refractivity contribution is -0.143. The summed E-state index contributed by atoms with van der Waals surface area (Å²) in [5.74, 6) is -2.95. The Kier molecular flexibility index (Phi) is 5.98. The second kappa shape index (κ2) is 8.90. The number of nitrogens with two attached hydrogens (primary N) is 1. The zero-order chi connectivity index (χ0) is 24.5. The average Bonchev–Trinajstić information content (AvgIpc) is 3.25. The number of aromatic nitrogens is 6. The van der Waals surface area contributed by atoms with Gasteiger partial charge in [-0.05, 0) is 12.1 Å². The van der Waals surface area contributed by atoms with Gasteiger partial charge in [-0.2, -0.15) is 23.3 Å². The van der Waals surface area contributed by atoms with Crippen molar-refractivity contribution in [1.82, 2.24) is 29.7 Å². The van der Waals surface area contributed by atoms with Gasteiger partial charge in [-0.3, -0.25) is 4.79 Å². The molecule has 0 fully saturated rings. The third kappa shape index (κ3) is 4.56. The molecule has 0 unspecified atom stereocenters. The highest BCUT2D eigenvalue weighted by molar-refractivity contribution is 6.34. The van der Waals surface area contributed by atoms with Gasteiger partial charge >= 0.3 is 6.18 Å². The van der Waals surface area contributed by atoms with Crippen LogP contribution in [0.1, 0.15) is 16.1 Å². The van der Waals surface area contributed by atoms with Crippen LogP contribution in [0.15, 0.2) is 49.3 Å². The Labute approximate surface area is 192 Å². The first-order valence-electron chi connectivity index (χ1n) is 9.11. The van der Waals surface area contributed by atoms with E-state index in [2.05, 4.69) is 30.4 Å². The fourth-order valence-electron chi connectivity index (χ4n) is 2.77. The smallest absolute Gasteiger partial charge is 0.434 e. The van der Waals surface area contributed by atoms with Gasteiger partial charge < -0.3 is 15.8 Å². The summed E-state index contributed by atoms with van der Waals surface area (Å²) in [6.07, 6.45) is -0.903. The summed E-state index contributed by atoms with van der Waals surface area (Å²) in [6.45, 7) is 0. The summed E-state index contributed by atoms with van der Waals surface area (Å²) in [7, 11) is 0. The Balaban J connectivity index is 1.59. The summed E-state index contributed by atoms with van der Waals surface area (Å²) in [4.78, 5) is 27.3. The molecule has 4 aromatic rings. The number of nitrogen functional groups attached to an aromatic ring is 1. The highest BCUT2D eigenvalue weighted by Crippen LogP contribution is 2.35. The van der Waals surface area contributed by atoms with Crippen LogP contribution in [0.2, 0.25) is 5.02 Å². The normalized spacial score (nSPS) is 11.3. The topological polar surface area (TPSA) is 134 Å². The van der Waals surface area contributed by atoms with Gasteiger partial charge in [-0.15, -0.1) is 0 Å². The quantitative estimate of drug-likeness (QED) is 0.399. The molecule has 1 amide bonds. The second-order valence-corrected chi connectivity index (χ2v) is 6.84. The first kappa shape index (κ1) is 22.8. The maximum Gasteiger partial charge on any atom is 0.434 e. The largest absolute Gasteiger partial charge is 0.434 e. The number of hydrogen-bond acceptors (Lipinski definition) is 8. The van der Waals surface area contributed by atoms with Gasteiger partial charge in [0.2, 0.25) is 5.88 Å². The molecule has 0 bridgehead atoms. The number of amides is 1. The molecule has 3 heterocycles. The maximum atomic E-state index is 14.5. The Morgan fingerprint density at radius 2 is 1.94 bits per heavy atom. The summed E-state index contributed by atoms with van der Waals surface area (Å²) in [6, 6.07) is 4.36. The standard InChI is InChI=1S/C19H11ClF4N8O2/c20-14-16(25)28-8-29-18(14)34-12-2-1-9(5-11(12)21)31-17(33)10-6-30-32(15(10)19(22,23)24)13-3-4-26-7-27-13/h1-8H,(H,31,33)(H2,25,28,29). The molecule has 0 aliphatic carbocycles. The van der Waals surface area contributed by atoms with Crippen LogP contribution >= 0.6 is 11.6 Å². The van der Waals surface area contributed by atoms with Gasteiger partial charge in [0.05, 0.1) is 11.8 Å². The van der Waals surface area contributed by atoms with E-state index >= 15 is 0 Å². The Morgan fingerprint density at radius 1 is 1.15 bits per heavy atom. The molecule has 0 spiro atoms. The van der Waals surface area contributed by atoms with Crippen LogP contribution in [0.25, 0.3) is 5.82 Å². The maximum absolute atomic E-state index is 14.5. The molecule has 174 valence electrons. The molecular weight excluding hydrogens is 484 g/mol. The van der Waals surface area contributed by atoms with Crippen molar-refractivity contribution in [3.63, 3.8) is 0 Å². The lowest BCUT2D eigenvalue weighted by Gasteiger charge is -2.13. The monoisotopic (exact) mass is 494 g/mol. The van der Waals surface area contributed by atoms with E-state index < -0.39 is 29.2 Å². The molecule has 0 saturated carbocycles. The van der Waals surface area contributed by atoms with Crippen LogP contribution in [-0.4, -0.2) is 35.6 Å². The highest BCUT2D eigenvalue weighted by atomic mass is 35.5. The van der Waals surface area contributed by atoms with Crippen LogP contribution < -0.4 is 15.8 Å². The molecular formula is C19H11ClF4N8O2. The van der Waals surface area contributed by atoms with Crippen LogP contribution in [0.5, 0.6) is 11.6 Å². The lowest BCUT2D eigenvalue weighted by Crippen LogP contribution is -2.21. The average molecular weight is 495 g/mol. The van der Waals surface area contributed by atoms with Crippen LogP contribution in [0.4, 0.5) is 29.1 Å². The van der Waals surface area contributed by atoms with Crippen molar-refractivity contribution < 1.29 is 27.1 Å². The van der Waals surface area contributed by atoms with E-state index in [1.54, 1.807) is 0 Å². The molecule has 0 saturated heterocycles. The molecule has 1 aromatic carbocycles. The minimum Gasteiger partial charge on any atom is -0.434 e. The number of carbonyl (C=O) groups is 1. The third-order valence-corrected chi connectivity index (χ3v) is 4.60. The van der Waals surface area contributed by atoms with Crippen molar-refractivity contribution in [3.8, 4) is 17.4 Å². The van der Waals surface area contributed by atoms with Gasteiger partial charge in [0.25, 0.3) is 5.91 Å². The summed E-state index contributed by atoms with van der Waals surface area (Å²) >= 11 is 5.90. The van der Waals surface area contributed by atoms with E-state index in [4.69, 9.17) is 22.1 Å². The number of rotatable bonds is 5. The van der Waals surface area contributed by atoms with E-state index in [0.29, 0.717) is 4.68 Å². The molecule has 15 heteroatoms. The molecule has 0 atom stereocenters. The van der Waals surface area contributed by atoms with Crippen molar-refractivity contribution in [3.05, 3.63) is 71.4 Å². The van der Waals surface area contributed by atoms with E-state index in [-0.39, 0.29) is 34.0 Å². The van der Waals surface area contributed by atoms with Crippen molar-refractivity contribution >= 4 is 29.0 Å². The van der Waals surface area contributed by atoms with Crippen LogP contribution in [0, 0.1) is 5.82 Å². The number of ether oxygens (including phenoxy) is 1. The zero-order valence-electron chi connectivity index (χ0n) is 16.6. The number of alkyl halides is 3. The van der Waals surface area contributed by atoms with Gasteiger partial charge in [0.15, 0.2) is 23.1 Å². The molecule has 0 aliphatic rings. The highest BCUT2D eigenvalue weighted by Gasteiger charge is 2.41. The van der Waals surface area contributed by atoms with Gasteiger partial charge in [-0.25, -0.2) is 24.0 Å². The SMILES string of the molecule is Nc1ncnc(Oc2ccc(NC(=O)c3cnn(-c4ccncn4)c3C(F)(F)F)cc2F)c1Cl. The number of nitrogens with one attached hydrogen (secondary N) is 1.